The Balaban J connectivity index is 2.50. The van der Waals surface area contributed by atoms with E-state index in [1.807, 2.05) is 12.3 Å². The van der Waals surface area contributed by atoms with Gasteiger partial charge in [-0.05, 0) is 40.0 Å². The number of ether oxygens (including phenoxy) is 1. The molecule has 0 heterocycles. The van der Waals surface area contributed by atoms with E-state index in [2.05, 4.69) is 13.3 Å². The van der Waals surface area contributed by atoms with Gasteiger partial charge in [-0.1, -0.05) is 0 Å². The van der Waals surface area contributed by atoms with E-state index in [9.17, 15) is 4.79 Å². The van der Waals surface area contributed by atoms with Crippen LogP contribution in [0.2, 0.25) is 0 Å². The van der Waals surface area contributed by atoms with Crippen LogP contribution in [0.1, 0.15) is 46.5 Å². The molecule has 1 saturated carbocycles. The molecule has 1 aliphatic rings. The van der Waals surface area contributed by atoms with E-state index >= 15 is 0 Å². The molecule has 0 saturated heterocycles. The van der Waals surface area contributed by atoms with Crippen LogP contribution in [0.3, 0.4) is 0 Å². The highest BCUT2D eigenvalue weighted by molar-refractivity contribution is 5.92. The fourth-order valence-electron chi connectivity index (χ4n) is 2.55. The van der Waals surface area contributed by atoms with Crippen molar-refractivity contribution in [1.82, 2.24) is 5.43 Å². The first-order chi connectivity index (χ1) is 8.95. The summed E-state index contributed by atoms with van der Waals surface area (Å²) in [5, 5.41) is 0. The minimum absolute atomic E-state index is 0.000487. The molecule has 0 spiro atoms. The molecule has 1 amide bonds. The van der Waals surface area contributed by atoms with Gasteiger partial charge < -0.3 is 10.5 Å². The van der Waals surface area contributed by atoms with Crippen molar-refractivity contribution in [3.8, 4) is 0 Å². The minimum atomic E-state index is -0.413. The maximum Gasteiger partial charge on any atom is 0.266 e. The maximum atomic E-state index is 11.3. The molecule has 19 heavy (non-hydrogen) atoms. The number of nitrogens with one attached hydrogen (secondary N) is 1. The zero-order chi connectivity index (χ0) is 14.4. The average molecular weight is 268 g/mol. The zero-order valence-corrected chi connectivity index (χ0v) is 12.1. The van der Waals surface area contributed by atoms with Crippen molar-refractivity contribution in [1.29, 1.82) is 0 Å². The van der Waals surface area contributed by atoms with Crippen LogP contribution in [0.4, 0.5) is 0 Å². The van der Waals surface area contributed by atoms with Crippen LogP contribution < -0.4 is 17.0 Å². The van der Waals surface area contributed by atoms with E-state index in [0.717, 1.165) is 6.42 Å². The molecule has 1 rings (SSSR count). The highest BCUT2D eigenvalue weighted by atomic mass is 16.5. The van der Waals surface area contributed by atoms with Gasteiger partial charge in [0.05, 0.1) is 30.4 Å². The number of nitrogens with two attached hydrogens (primary N) is 2. The monoisotopic (exact) mass is 268 g/mol. The second-order valence-corrected chi connectivity index (χ2v) is 5.41. The third kappa shape index (κ3) is 4.67. The maximum absolute atomic E-state index is 11.3. The Labute approximate surface area is 115 Å². The highest BCUT2D eigenvalue weighted by Gasteiger charge is 2.30. The number of hydrogen-bond donors (Lipinski definition) is 3. The Kier molecular flexibility index (Phi) is 6.02. The van der Waals surface area contributed by atoms with Crippen LogP contribution in [-0.4, -0.2) is 12.0 Å². The van der Waals surface area contributed by atoms with Gasteiger partial charge in [-0.15, -0.1) is 0 Å². The van der Waals surface area contributed by atoms with Crippen LogP contribution in [0, 0.1) is 18.3 Å². The third-order valence-corrected chi connectivity index (χ3v) is 3.87. The number of carbonyl (C=O) groups excluding carboxylic acids is 1. The predicted molar refractivity (Wildman–Crippen MR) is 75.2 cm³/mol. The second-order valence-electron chi connectivity index (χ2n) is 5.41. The fourth-order valence-corrected chi connectivity index (χ4v) is 2.55. The average Bonchev–Trinajstić information content (AvgIpc) is 2.39. The summed E-state index contributed by atoms with van der Waals surface area (Å²) in [5.41, 5.74) is 8.13. The van der Waals surface area contributed by atoms with Crippen LogP contribution in [0.25, 0.3) is 0 Å². The van der Waals surface area contributed by atoms with Gasteiger partial charge in [-0.25, -0.2) is 5.84 Å². The van der Waals surface area contributed by atoms with E-state index in [0.29, 0.717) is 17.4 Å². The van der Waals surface area contributed by atoms with Crippen LogP contribution in [0.15, 0.2) is 11.5 Å². The first kappa shape index (κ1) is 15.7. The van der Waals surface area contributed by atoms with Gasteiger partial charge >= 0.3 is 0 Å². The molecule has 1 fully saturated rings. The summed E-state index contributed by atoms with van der Waals surface area (Å²) in [4.78, 5) is 11.3. The van der Waals surface area contributed by atoms with Gasteiger partial charge in [-0.3, -0.25) is 10.2 Å². The van der Waals surface area contributed by atoms with Crippen molar-refractivity contribution in [3.05, 3.63) is 17.9 Å². The fraction of sp³-hybridized carbons (Fsp3) is 0.714. The molecule has 5 nitrogen and oxygen atoms in total. The Morgan fingerprint density at radius 1 is 1.58 bits per heavy atom. The quantitative estimate of drug-likeness (QED) is 0.176. The molecule has 5 heteroatoms. The summed E-state index contributed by atoms with van der Waals surface area (Å²) in [6.07, 6.45) is 7.03. The first-order valence-corrected chi connectivity index (χ1v) is 6.93. The molecule has 0 radical (unpaired) electrons. The number of hydrogen-bond acceptors (Lipinski definition) is 4. The SMILES string of the molecule is CC(C(=O)NN)=C(N)OC(C)CC1CCC[CH+]C1C. The van der Waals surface area contributed by atoms with Crippen molar-refractivity contribution in [2.45, 2.75) is 52.6 Å². The molecule has 0 aromatic carbocycles. The standard InChI is InChI=1S/C14H25N3O2/c1-9-6-4-5-7-12(9)8-10(2)19-13(15)11(3)14(18)17-16/h6,9-10,12H,4-5,7-8,16H2,1-3H3,(H2-,15,17,18)/p+1. The first-order valence-electron chi connectivity index (χ1n) is 6.93. The summed E-state index contributed by atoms with van der Waals surface area (Å²) in [6, 6.07) is 0. The van der Waals surface area contributed by atoms with E-state index in [-0.39, 0.29) is 12.0 Å². The van der Waals surface area contributed by atoms with Gasteiger partial charge in [0.1, 0.15) is 0 Å². The number of amides is 1. The number of rotatable bonds is 5. The summed E-state index contributed by atoms with van der Waals surface area (Å²) in [5.74, 6) is 6.07. The Hall–Kier alpha value is -1.36. The van der Waals surface area contributed by atoms with E-state index < -0.39 is 5.91 Å². The van der Waals surface area contributed by atoms with Gasteiger partial charge in [-0.2, -0.15) is 0 Å². The summed E-state index contributed by atoms with van der Waals surface area (Å²) < 4.78 is 5.61. The Morgan fingerprint density at radius 2 is 2.26 bits per heavy atom. The van der Waals surface area contributed by atoms with Crippen molar-refractivity contribution < 1.29 is 9.53 Å². The van der Waals surface area contributed by atoms with Gasteiger partial charge in [0, 0.05) is 5.92 Å². The van der Waals surface area contributed by atoms with Crippen molar-refractivity contribution in [2.24, 2.45) is 23.4 Å². The molecule has 0 bridgehead atoms. The molecule has 0 aromatic rings. The summed E-state index contributed by atoms with van der Waals surface area (Å²) in [6.45, 7) is 5.84. The molecule has 3 unspecified atom stereocenters. The summed E-state index contributed by atoms with van der Waals surface area (Å²) in [7, 11) is 0. The molecule has 108 valence electrons. The van der Waals surface area contributed by atoms with Gasteiger partial charge in [0.15, 0.2) is 5.88 Å². The topological polar surface area (TPSA) is 90.4 Å². The Bertz CT molecular complexity index is 342. The molecular formula is C14H26N3O2+. The number of hydrazine groups is 1. The van der Waals surface area contributed by atoms with Crippen LogP contribution in [0.5, 0.6) is 0 Å². The number of carbonyl (C=O) groups is 1. The highest BCUT2D eigenvalue weighted by Crippen LogP contribution is 2.32. The Morgan fingerprint density at radius 3 is 2.84 bits per heavy atom. The minimum Gasteiger partial charge on any atom is -0.476 e. The second kappa shape index (κ2) is 7.28. The van der Waals surface area contributed by atoms with Crippen molar-refractivity contribution >= 4 is 5.91 Å². The molecule has 3 atom stereocenters. The van der Waals surface area contributed by atoms with E-state index in [1.54, 1.807) is 6.92 Å². The van der Waals surface area contributed by atoms with Crippen molar-refractivity contribution in [3.63, 3.8) is 0 Å². The lowest BCUT2D eigenvalue weighted by molar-refractivity contribution is -0.117. The molecular weight excluding hydrogens is 242 g/mol. The third-order valence-electron chi connectivity index (χ3n) is 3.87. The van der Waals surface area contributed by atoms with E-state index in [1.165, 1.54) is 19.3 Å². The van der Waals surface area contributed by atoms with Crippen molar-refractivity contribution in [2.75, 3.05) is 0 Å². The predicted octanol–water partition coefficient (Wildman–Crippen LogP) is 1.60. The molecule has 5 N–H and O–H groups in total. The lowest BCUT2D eigenvalue weighted by atomic mass is 9.78. The lowest BCUT2D eigenvalue weighted by Gasteiger charge is -2.26. The molecule has 0 aromatic heterocycles. The van der Waals surface area contributed by atoms with Gasteiger partial charge in [0.2, 0.25) is 0 Å². The van der Waals surface area contributed by atoms with E-state index in [4.69, 9.17) is 16.3 Å². The van der Waals surface area contributed by atoms with Crippen LogP contribution >= 0.6 is 0 Å². The van der Waals surface area contributed by atoms with Crippen LogP contribution in [-0.2, 0) is 9.53 Å². The normalized spacial score (nSPS) is 25.9. The smallest absolute Gasteiger partial charge is 0.266 e. The lowest BCUT2D eigenvalue weighted by Crippen LogP contribution is -2.33. The largest absolute Gasteiger partial charge is 0.476 e. The zero-order valence-electron chi connectivity index (χ0n) is 12.1. The summed E-state index contributed by atoms with van der Waals surface area (Å²) >= 11 is 0. The van der Waals surface area contributed by atoms with Gasteiger partial charge in [0.25, 0.3) is 5.91 Å². The molecule has 1 aliphatic carbocycles. The molecule has 0 aliphatic heterocycles.